The number of anilines is 2. The average molecular weight is 521 g/mol. The van der Waals surface area contributed by atoms with Gasteiger partial charge in [-0.15, -0.1) is 0 Å². The molecule has 1 amide bonds. The zero-order valence-corrected chi connectivity index (χ0v) is 22.1. The van der Waals surface area contributed by atoms with Gasteiger partial charge in [-0.1, -0.05) is 30.3 Å². The number of rotatable bonds is 7. The van der Waals surface area contributed by atoms with Gasteiger partial charge in [0.25, 0.3) is 0 Å². The van der Waals surface area contributed by atoms with Gasteiger partial charge in [0.1, 0.15) is 17.8 Å². The Morgan fingerprint density at radius 1 is 1.03 bits per heavy atom. The summed E-state index contributed by atoms with van der Waals surface area (Å²) in [6, 6.07) is 18.9. The summed E-state index contributed by atoms with van der Waals surface area (Å²) < 4.78 is 13.7. The molecule has 0 fully saturated rings. The van der Waals surface area contributed by atoms with Crippen molar-refractivity contribution >= 4 is 28.4 Å². The number of fused-ring (bicyclic) bond motifs is 1. The number of nitrogen functional groups attached to an aromatic ring is 1. The number of hydrogen-bond acceptors (Lipinski definition) is 7. The van der Waals surface area contributed by atoms with Gasteiger partial charge in [-0.2, -0.15) is 0 Å². The van der Waals surface area contributed by atoms with Gasteiger partial charge in [-0.3, -0.25) is 4.79 Å². The summed E-state index contributed by atoms with van der Waals surface area (Å²) in [4.78, 5) is 25.2. The number of methoxy groups -OCH3 is 1. The Morgan fingerprint density at radius 3 is 2.51 bits per heavy atom. The first-order chi connectivity index (χ1) is 18.9. The highest BCUT2D eigenvalue weighted by Crippen LogP contribution is 2.44. The van der Waals surface area contributed by atoms with Crippen molar-refractivity contribution in [1.82, 2.24) is 19.5 Å². The molecule has 3 aromatic heterocycles. The van der Waals surface area contributed by atoms with Gasteiger partial charge < -0.3 is 25.1 Å². The number of hydrogen-bond donors (Lipinski definition) is 2. The largest absolute Gasteiger partial charge is 0.493 e. The zero-order valence-electron chi connectivity index (χ0n) is 22.1. The Balaban J connectivity index is 1.63. The first-order valence-electron chi connectivity index (χ1n) is 12.3. The molecule has 0 radical (unpaired) electrons. The van der Waals surface area contributed by atoms with Crippen LogP contribution in [0, 0.1) is 6.92 Å². The Hall–Kier alpha value is -5.18. The molecule has 3 N–H and O–H groups in total. The summed E-state index contributed by atoms with van der Waals surface area (Å²) in [7, 11) is 3.53. The molecule has 39 heavy (non-hydrogen) atoms. The lowest BCUT2D eigenvalue weighted by molar-refractivity contribution is -0.111. The maximum absolute atomic E-state index is 12.0. The SMILES string of the molecule is C/C=C/C(=O)Nc1ccc(-c2c(-c3ccc(Oc4cccc(C)n4)c(OC)c3)c3c(N)ncnc3n2C)cc1. The van der Waals surface area contributed by atoms with Crippen LogP contribution in [0.2, 0.25) is 0 Å². The number of pyridine rings is 1. The van der Waals surface area contributed by atoms with Crippen LogP contribution in [0.25, 0.3) is 33.4 Å². The Bertz CT molecular complexity index is 1710. The number of aromatic nitrogens is 4. The quantitative estimate of drug-likeness (QED) is 0.256. The average Bonchev–Trinajstić information content (AvgIpc) is 3.23. The molecule has 0 aliphatic heterocycles. The van der Waals surface area contributed by atoms with Crippen LogP contribution in [0.15, 0.2) is 79.1 Å². The van der Waals surface area contributed by atoms with Crippen molar-refractivity contribution in [3.63, 3.8) is 0 Å². The lowest BCUT2D eigenvalue weighted by Gasteiger charge is -2.14. The van der Waals surface area contributed by atoms with Crippen molar-refractivity contribution < 1.29 is 14.3 Å². The van der Waals surface area contributed by atoms with Gasteiger partial charge in [-0.05, 0) is 61.4 Å². The van der Waals surface area contributed by atoms with Crippen molar-refractivity contribution in [2.24, 2.45) is 7.05 Å². The number of aryl methyl sites for hydroxylation is 2. The molecule has 0 atom stereocenters. The Kier molecular flexibility index (Phi) is 6.96. The number of allylic oxidation sites excluding steroid dienone is 1. The number of benzene rings is 2. The fourth-order valence-electron chi connectivity index (χ4n) is 4.54. The molecule has 9 heteroatoms. The Labute approximate surface area is 226 Å². The van der Waals surface area contributed by atoms with E-state index in [0.29, 0.717) is 34.5 Å². The number of nitrogens with zero attached hydrogens (tertiary/aromatic N) is 4. The van der Waals surface area contributed by atoms with Crippen LogP contribution in [-0.4, -0.2) is 32.5 Å². The van der Waals surface area contributed by atoms with Gasteiger partial charge in [-0.25, -0.2) is 15.0 Å². The molecule has 0 spiro atoms. The predicted molar refractivity (Wildman–Crippen MR) is 153 cm³/mol. The van der Waals surface area contributed by atoms with Gasteiger partial charge in [0.05, 0.1) is 18.2 Å². The molecule has 196 valence electrons. The number of ether oxygens (including phenoxy) is 2. The summed E-state index contributed by atoms with van der Waals surface area (Å²) in [6.07, 6.45) is 4.63. The van der Waals surface area contributed by atoms with Crippen LogP contribution >= 0.6 is 0 Å². The van der Waals surface area contributed by atoms with Gasteiger partial charge in [0, 0.05) is 30.1 Å². The topological polar surface area (TPSA) is 117 Å². The molecule has 0 saturated carbocycles. The molecular formula is C30H28N6O3. The molecular weight excluding hydrogens is 492 g/mol. The number of amides is 1. The maximum atomic E-state index is 12.0. The summed E-state index contributed by atoms with van der Waals surface area (Å²) in [5.41, 5.74) is 12.1. The lowest BCUT2D eigenvalue weighted by atomic mass is 9.98. The second-order valence-electron chi connectivity index (χ2n) is 8.89. The smallest absolute Gasteiger partial charge is 0.248 e. The second-order valence-corrected chi connectivity index (χ2v) is 8.89. The van der Waals surface area contributed by atoms with Crippen molar-refractivity contribution in [2.75, 3.05) is 18.2 Å². The second kappa shape index (κ2) is 10.7. The van der Waals surface area contributed by atoms with Crippen LogP contribution in [0.1, 0.15) is 12.6 Å². The number of nitrogens with one attached hydrogen (secondary N) is 1. The molecule has 0 bridgehead atoms. The van der Waals surface area contributed by atoms with Crippen LogP contribution < -0.4 is 20.5 Å². The van der Waals surface area contributed by atoms with E-state index in [9.17, 15) is 4.79 Å². The highest BCUT2D eigenvalue weighted by Gasteiger charge is 2.23. The first-order valence-corrected chi connectivity index (χ1v) is 12.3. The van der Waals surface area contributed by atoms with E-state index in [2.05, 4.69) is 20.3 Å². The third kappa shape index (κ3) is 5.02. The van der Waals surface area contributed by atoms with E-state index < -0.39 is 0 Å². The molecule has 0 unspecified atom stereocenters. The number of carbonyl (C=O) groups excluding carboxylic acids is 1. The first kappa shape index (κ1) is 25.5. The minimum absolute atomic E-state index is 0.186. The van der Waals surface area contributed by atoms with Gasteiger partial charge in [0.2, 0.25) is 11.8 Å². The molecule has 0 aliphatic carbocycles. The molecule has 5 aromatic rings. The predicted octanol–water partition coefficient (Wildman–Crippen LogP) is 5.90. The fourth-order valence-corrected chi connectivity index (χ4v) is 4.54. The molecule has 2 aromatic carbocycles. The summed E-state index contributed by atoms with van der Waals surface area (Å²) in [5.74, 6) is 1.73. The third-order valence-corrected chi connectivity index (χ3v) is 6.27. The van der Waals surface area contributed by atoms with Crippen molar-refractivity contribution in [2.45, 2.75) is 13.8 Å². The maximum Gasteiger partial charge on any atom is 0.248 e. The standard InChI is InChI=1S/C30H28N6O3/c1-5-7-24(37)35-21-13-10-19(11-14-21)28-26(27-29(31)32-17-33-30(27)36(28)3)20-12-15-22(23(16-20)38-4)39-25-9-6-8-18(2)34-25/h5-17H,1-4H3,(H,35,37)(H2,31,32,33)/b7-5+. The molecule has 0 saturated heterocycles. The number of carbonyl (C=O) groups is 1. The molecule has 9 nitrogen and oxygen atoms in total. The third-order valence-electron chi connectivity index (χ3n) is 6.27. The van der Waals surface area contributed by atoms with Crippen molar-refractivity contribution in [3.05, 3.63) is 84.8 Å². The fraction of sp³-hybridized carbons (Fsp3) is 0.133. The monoisotopic (exact) mass is 520 g/mol. The van der Waals surface area contributed by atoms with Crippen LogP contribution in [-0.2, 0) is 11.8 Å². The Morgan fingerprint density at radius 2 is 1.79 bits per heavy atom. The molecule has 3 heterocycles. The van der Waals surface area contributed by atoms with Crippen LogP contribution in [0.5, 0.6) is 17.4 Å². The summed E-state index contributed by atoms with van der Waals surface area (Å²) in [6.45, 7) is 3.70. The minimum Gasteiger partial charge on any atom is -0.493 e. The van der Waals surface area contributed by atoms with E-state index in [4.69, 9.17) is 15.2 Å². The lowest BCUT2D eigenvalue weighted by Crippen LogP contribution is -2.07. The van der Waals surface area contributed by atoms with E-state index in [1.165, 1.54) is 12.4 Å². The van der Waals surface area contributed by atoms with E-state index in [1.54, 1.807) is 26.2 Å². The summed E-state index contributed by atoms with van der Waals surface area (Å²) in [5, 5.41) is 3.59. The highest BCUT2D eigenvalue weighted by molar-refractivity contribution is 6.08. The van der Waals surface area contributed by atoms with Crippen molar-refractivity contribution in [3.8, 4) is 39.8 Å². The van der Waals surface area contributed by atoms with Gasteiger partial charge in [0.15, 0.2) is 11.5 Å². The van der Waals surface area contributed by atoms with E-state index in [-0.39, 0.29) is 5.91 Å². The molecule has 5 rings (SSSR count). The van der Waals surface area contributed by atoms with Crippen molar-refractivity contribution in [1.29, 1.82) is 0 Å². The van der Waals surface area contributed by atoms with E-state index in [0.717, 1.165) is 33.5 Å². The number of nitrogens with two attached hydrogens (primary N) is 1. The van der Waals surface area contributed by atoms with E-state index >= 15 is 0 Å². The minimum atomic E-state index is -0.186. The zero-order chi connectivity index (χ0) is 27.5. The highest BCUT2D eigenvalue weighted by atomic mass is 16.5. The molecule has 0 aliphatic rings. The normalized spacial score (nSPS) is 11.2. The van der Waals surface area contributed by atoms with E-state index in [1.807, 2.05) is 73.1 Å². The summed E-state index contributed by atoms with van der Waals surface area (Å²) >= 11 is 0. The van der Waals surface area contributed by atoms with Gasteiger partial charge >= 0.3 is 0 Å². The van der Waals surface area contributed by atoms with Crippen LogP contribution in [0.4, 0.5) is 11.5 Å². The van der Waals surface area contributed by atoms with Crippen LogP contribution in [0.3, 0.4) is 0 Å².